The van der Waals surface area contributed by atoms with Gasteiger partial charge in [-0.25, -0.2) is 26.7 Å². The first kappa shape index (κ1) is 21.0. The molecule has 28 heavy (non-hydrogen) atoms. The Balaban J connectivity index is 1.77. The summed E-state index contributed by atoms with van der Waals surface area (Å²) in [4.78, 5) is 1.91. The van der Waals surface area contributed by atoms with Gasteiger partial charge in [-0.2, -0.15) is 0 Å². The number of nitrogens with two attached hydrogens (primary N) is 1. The number of furan rings is 1. The van der Waals surface area contributed by atoms with Crippen molar-refractivity contribution in [2.45, 2.75) is 22.8 Å². The zero-order chi connectivity index (χ0) is 20.4. The minimum absolute atomic E-state index is 0.0451. The van der Waals surface area contributed by atoms with Crippen molar-refractivity contribution in [1.29, 1.82) is 0 Å². The fourth-order valence-electron chi connectivity index (χ4n) is 3.01. The van der Waals surface area contributed by atoms with E-state index in [4.69, 9.17) is 14.3 Å². The van der Waals surface area contributed by atoms with Crippen LogP contribution >= 0.6 is 0 Å². The minimum atomic E-state index is -3.89. The molecule has 1 fully saturated rings. The highest BCUT2D eigenvalue weighted by Crippen LogP contribution is 2.24. The molecule has 0 aliphatic carbocycles. The first-order chi connectivity index (χ1) is 13.2. The molecule has 1 atom stereocenters. The second-order valence-corrected chi connectivity index (χ2v) is 9.81. The maximum absolute atomic E-state index is 12.7. The third-order valence-electron chi connectivity index (χ3n) is 4.51. The van der Waals surface area contributed by atoms with Crippen LogP contribution in [0.5, 0.6) is 0 Å². The summed E-state index contributed by atoms with van der Waals surface area (Å²) in [5, 5.41) is 5.04. The Hall–Kier alpha value is -1.76. The highest BCUT2D eigenvalue weighted by atomic mass is 32.2. The Morgan fingerprint density at radius 3 is 2.18 bits per heavy atom. The summed E-state index contributed by atoms with van der Waals surface area (Å²) < 4.78 is 61.6. The topological polar surface area (TPSA) is 132 Å². The number of sulfonamides is 2. The number of hydrogen-bond donors (Lipinski definition) is 2. The normalized spacial score (nSPS) is 17.5. The number of nitrogens with one attached hydrogen (secondary N) is 1. The van der Waals surface area contributed by atoms with Gasteiger partial charge in [0.05, 0.1) is 29.0 Å². The van der Waals surface area contributed by atoms with Crippen LogP contribution in [0.1, 0.15) is 17.6 Å². The zero-order valence-corrected chi connectivity index (χ0v) is 17.0. The predicted octanol–water partition coefficient (Wildman–Crippen LogP) is 0.587. The van der Waals surface area contributed by atoms with Crippen LogP contribution in [0.4, 0.5) is 0 Å². The molecule has 1 aliphatic rings. The van der Waals surface area contributed by atoms with Crippen LogP contribution in [0, 0.1) is 6.92 Å². The van der Waals surface area contributed by atoms with Crippen molar-refractivity contribution in [3.05, 3.63) is 47.9 Å². The molecule has 1 saturated heterocycles. The van der Waals surface area contributed by atoms with Gasteiger partial charge in [-0.05, 0) is 43.3 Å². The van der Waals surface area contributed by atoms with Gasteiger partial charge in [-0.3, -0.25) is 4.90 Å². The van der Waals surface area contributed by atoms with E-state index in [9.17, 15) is 16.8 Å². The first-order valence-corrected chi connectivity index (χ1v) is 11.7. The molecular formula is C17H23N3O6S2. The van der Waals surface area contributed by atoms with Gasteiger partial charge in [0, 0.05) is 19.6 Å². The van der Waals surface area contributed by atoms with Crippen molar-refractivity contribution in [2.24, 2.45) is 5.14 Å². The van der Waals surface area contributed by atoms with E-state index in [2.05, 4.69) is 9.62 Å². The van der Waals surface area contributed by atoms with Crippen LogP contribution in [-0.4, -0.2) is 54.6 Å². The van der Waals surface area contributed by atoms with Crippen LogP contribution in [-0.2, 0) is 24.8 Å². The SMILES string of the molecule is Cc1ccc(C(CNS(=O)(=O)c2ccc(S(N)(=O)=O)cc2)N2CCOCC2)o1. The van der Waals surface area contributed by atoms with E-state index in [0.717, 1.165) is 5.76 Å². The summed E-state index contributed by atoms with van der Waals surface area (Å²) >= 11 is 0. The number of benzene rings is 1. The Labute approximate surface area is 164 Å². The van der Waals surface area contributed by atoms with Gasteiger partial charge in [0.25, 0.3) is 0 Å². The Morgan fingerprint density at radius 2 is 1.64 bits per heavy atom. The summed E-state index contributed by atoms with van der Waals surface area (Å²) in [6.07, 6.45) is 0. The number of aryl methyl sites for hydroxylation is 1. The fraction of sp³-hybridized carbons (Fsp3) is 0.412. The van der Waals surface area contributed by atoms with Gasteiger partial charge in [0.2, 0.25) is 20.0 Å². The van der Waals surface area contributed by atoms with Crippen molar-refractivity contribution >= 4 is 20.0 Å². The van der Waals surface area contributed by atoms with E-state index >= 15 is 0 Å². The van der Waals surface area contributed by atoms with Crippen LogP contribution < -0.4 is 9.86 Å². The molecule has 0 saturated carbocycles. The number of nitrogens with zero attached hydrogens (tertiary/aromatic N) is 1. The van der Waals surface area contributed by atoms with E-state index < -0.39 is 20.0 Å². The smallest absolute Gasteiger partial charge is 0.240 e. The highest BCUT2D eigenvalue weighted by Gasteiger charge is 2.27. The summed E-state index contributed by atoms with van der Waals surface area (Å²) in [6.45, 7) is 4.39. The molecule has 3 N–H and O–H groups in total. The molecule has 3 rings (SSSR count). The second kappa shape index (κ2) is 8.31. The Morgan fingerprint density at radius 1 is 1.04 bits per heavy atom. The molecule has 0 bridgehead atoms. The standard InChI is InChI=1S/C17H23N3O6S2/c1-13-2-7-17(26-13)16(20-8-10-25-11-9-20)12-19-28(23,24)15-5-3-14(4-6-15)27(18,21)22/h2-7,16,19H,8-12H2,1H3,(H2,18,21,22). The van der Waals surface area contributed by atoms with E-state index in [1.54, 1.807) is 0 Å². The van der Waals surface area contributed by atoms with E-state index in [1.165, 1.54) is 24.3 Å². The summed E-state index contributed by atoms with van der Waals surface area (Å²) in [6, 6.07) is 8.15. The molecule has 154 valence electrons. The molecule has 11 heteroatoms. The monoisotopic (exact) mass is 429 g/mol. The van der Waals surface area contributed by atoms with Gasteiger partial charge < -0.3 is 9.15 Å². The van der Waals surface area contributed by atoms with E-state index in [-0.39, 0.29) is 22.4 Å². The molecular weight excluding hydrogens is 406 g/mol. The average molecular weight is 430 g/mol. The number of morpholine rings is 1. The number of hydrogen-bond acceptors (Lipinski definition) is 7. The van der Waals surface area contributed by atoms with Crippen molar-refractivity contribution in [2.75, 3.05) is 32.8 Å². The molecule has 9 nitrogen and oxygen atoms in total. The first-order valence-electron chi connectivity index (χ1n) is 8.67. The molecule has 1 aromatic carbocycles. The molecule has 0 spiro atoms. The van der Waals surface area contributed by atoms with Crippen LogP contribution in [0.3, 0.4) is 0 Å². The van der Waals surface area contributed by atoms with Gasteiger partial charge in [-0.15, -0.1) is 0 Å². The van der Waals surface area contributed by atoms with Crippen LogP contribution in [0.2, 0.25) is 0 Å². The van der Waals surface area contributed by atoms with Gasteiger partial charge in [0.1, 0.15) is 11.5 Å². The molecule has 2 aromatic rings. The van der Waals surface area contributed by atoms with E-state index in [1.807, 2.05) is 19.1 Å². The lowest BCUT2D eigenvalue weighted by Gasteiger charge is -2.33. The summed E-state index contributed by atoms with van der Waals surface area (Å²) in [5.41, 5.74) is 0. The molecule has 1 aliphatic heterocycles. The molecule has 0 radical (unpaired) electrons. The second-order valence-electron chi connectivity index (χ2n) is 6.48. The maximum Gasteiger partial charge on any atom is 0.240 e. The number of ether oxygens (including phenoxy) is 1. The number of rotatable bonds is 7. The zero-order valence-electron chi connectivity index (χ0n) is 15.4. The third-order valence-corrected chi connectivity index (χ3v) is 6.87. The third kappa shape index (κ3) is 4.99. The largest absolute Gasteiger partial charge is 0.465 e. The average Bonchev–Trinajstić information content (AvgIpc) is 3.08. The van der Waals surface area contributed by atoms with Crippen LogP contribution in [0.15, 0.2) is 50.6 Å². The number of primary sulfonamides is 1. The predicted molar refractivity (Wildman–Crippen MR) is 102 cm³/mol. The van der Waals surface area contributed by atoms with Crippen LogP contribution in [0.25, 0.3) is 0 Å². The summed E-state index contributed by atoms with van der Waals surface area (Å²) in [7, 11) is -7.73. The fourth-order valence-corrected chi connectivity index (χ4v) is 4.57. The molecule has 1 aromatic heterocycles. The quantitative estimate of drug-likeness (QED) is 0.658. The van der Waals surface area contributed by atoms with Gasteiger partial charge in [0.15, 0.2) is 0 Å². The van der Waals surface area contributed by atoms with Crippen molar-refractivity contribution in [3.63, 3.8) is 0 Å². The highest BCUT2D eigenvalue weighted by molar-refractivity contribution is 7.89. The molecule has 2 heterocycles. The Bertz CT molecular complexity index is 1010. The summed E-state index contributed by atoms with van der Waals surface area (Å²) in [5.74, 6) is 1.42. The molecule has 1 unspecified atom stereocenters. The Kier molecular flexibility index (Phi) is 6.22. The van der Waals surface area contributed by atoms with Crippen molar-refractivity contribution < 1.29 is 26.0 Å². The lowest BCUT2D eigenvalue weighted by atomic mass is 10.2. The van der Waals surface area contributed by atoms with E-state index in [0.29, 0.717) is 32.1 Å². The van der Waals surface area contributed by atoms with Gasteiger partial charge >= 0.3 is 0 Å². The molecule has 0 amide bonds. The van der Waals surface area contributed by atoms with Crippen molar-refractivity contribution in [3.8, 4) is 0 Å². The minimum Gasteiger partial charge on any atom is -0.465 e. The lowest BCUT2D eigenvalue weighted by molar-refractivity contribution is 0.0127. The maximum atomic E-state index is 12.7. The van der Waals surface area contributed by atoms with Crippen molar-refractivity contribution in [1.82, 2.24) is 9.62 Å². The van der Waals surface area contributed by atoms with Gasteiger partial charge in [-0.1, -0.05) is 0 Å². The lowest BCUT2D eigenvalue weighted by Crippen LogP contribution is -2.43.